The lowest BCUT2D eigenvalue weighted by molar-refractivity contribution is -0.141. The molecule has 100 valence electrons. The van der Waals surface area contributed by atoms with E-state index in [2.05, 4.69) is 25.3 Å². The van der Waals surface area contributed by atoms with Gasteiger partial charge in [-0.15, -0.1) is 0 Å². The van der Waals surface area contributed by atoms with Crippen LogP contribution in [0.5, 0.6) is 0 Å². The van der Waals surface area contributed by atoms with E-state index in [9.17, 15) is 4.79 Å². The summed E-state index contributed by atoms with van der Waals surface area (Å²) in [7, 11) is 1.33. The van der Waals surface area contributed by atoms with E-state index in [-0.39, 0.29) is 5.97 Å². The van der Waals surface area contributed by atoms with Crippen molar-refractivity contribution in [3.63, 3.8) is 0 Å². The van der Waals surface area contributed by atoms with Crippen molar-refractivity contribution in [1.29, 1.82) is 0 Å². The Bertz CT molecular complexity index is 414. The van der Waals surface area contributed by atoms with Gasteiger partial charge in [0.05, 0.1) is 13.3 Å². The number of esters is 1. The minimum absolute atomic E-state index is 0.354. The lowest BCUT2D eigenvalue weighted by atomic mass is 10.3. The number of hydrogen-bond donors (Lipinski definition) is 2. The van der Waals surface area contributed by atoms with Crippen molar-refractivity contribution in [2.45, 2.75) is 26.3 Å². The van der Waals surface area contributed by atoms with Gasteiger partial charge in [0.25, 0.3) is 0 Å². The summed E-state index contributed by atoms with van der Waals surface area (Å²) in [5.74, 6) is 0.497. The third kappa shape index (κ3) is 4.03. The van der Waals surface area contributed by atoms with Crippen molar-refractivity contribution in [3.8, 4) is 0 Å². The summed E-state index contributed by atoms with van der Waals surface area (Å²) >= 11 is 5.95. The molecule has 1 rings (SSSR count). The maximum atomic E-state index is 11.3. The van der Waals surface area contributed by atoms with Crippen LogP contribution in [-0.4, -0.2) is 35.6 Å². The second kappa shape index (κ2) is 7.00. The number of carbonyl (C=O) groups excluding carboxylic acids is 1. The molecule has 0 saturated heterocycles. The van der Waals surface area contributed by atoms with Crippen molar-refractivity contribution >= 4 is 29.3 Å². The van der Waals surface area contributed by atoms with Crippen molar-refractivity contribution < 1.29 is 9.53 Å². The van der Waals surface area contributed by atoms with Gasteiger partial charge in [0, 0.05) is 6.54 Å². The van der Waals surface area contributed by atoms with Gasteiger partial charge in [-0.25, -0.2) is 9.78 Å². The Kier molecular flexibility index (Phi) is 5.64. The molecule has 0 saturated carbocycles. The molecule has 1 unspecified atom stereocenters. The first-order valence-electron chi connectivity index (χ1n) is 5.69. The topological polar surface area (TPSA) is 76.1 Å². The highest BCUT2D eigenvalue weighted by Gasteiger charge is 2.15. The minimum Gasteiger partial charge on any atom is -0.467 e. The van der Waals surface area contributed by atoms with E-state index in [1.165, 1.54) is 13.3 Å². The summed E-state index contributed by atoms with van der Waals surface area (Å²) in [6.07, 6.45) is 2.45. The Labute approximate surface area is 111 Å². The fourth-order valence-electron chi connectivity index (χ4n) is 1.23. The van der Waals surface area contributed by atoms with E-state index < -0.39 is 6.04 Å². The number of hydrogen-bond acceptors (Lipinski definition) is 6. The van der Waals surface area contributed by atoms with Gasteiger partial charge in [-0.3, -0.25) is 0 Å². The molecule has 0 radical (unpaired) electrons. The molecule has 1 aromatic rings. The molecule has 7 heteroatoms. The molecular weight excluding hydrogens is 256 g/mol. The quantitative estimate of drug-likeness (QED) is 0.771. The van der Waals surface area contributed by atoms with Gasteiger partial charge in [0.1, 0.15) is 11.1 Å². The lowest BCUT2D eigenvalue weighted by Crippen LogP contribution is -2.28. The van der Waals surface area contributed by atoms with E-state index in [1.54, 1.807) is 6.92 Å². The standard InChI is InChI=1S/C11H17ClN4O2/c1-4-5-13-11-14-6-8(12)9(16-11)15-7(2)10(17)18-3/h6-7H,4-5H2,1-3H3,(H2,13,14,15,16). The Morgan fingerprint density at radius 3 is 2.94 bits per heavy atom. The molecule has 0 bridgehead atoms. The predicted octanol–water partition coefficient (Wildman–Crippen LogP) is 1.93. The zero-order valence-corrected chi connectivity index (χ0v) is 11.4. The number of rotatable bonds is 6. The number of carbonyl (C=O) groups is 1. The molecule has 18 heavy (non-hydrogen) atoms. The van der Waals surface area contributed by atoms with Gasteiger partial charge >= 0.3 is 5.97 Å². The zero-order valence-electron chi connectivity index (χ0n) is 10.7. The fraction of sp³-hybridized carbons (Fsp3) is 0.545. The van der Waals surface area contributed by atoms with Crippen LogP contribution in [0.3, 0.4) is 0 Å². The van der Waals surface area contributed by atoms with Crippen LogP contribution >= 0.6 is 11.6 Å². The number of nitrogens with zero attached hydrogens (tertiary/aromatic N) is 2. The molecule has 0 aliphatic carbocycles. The molecule has 1 aromatic heterocycles. The van der Waals surface area contributed by atoms with Crippen LogP contribution in [0.1, 0.15) is 20.3 Å². The van der Waals surface area contributed by atoms with Crippen LogP contribution in [0.25, 0.3) is 0 Å². The first-order valence-corrected chi connectivity index (χ1v) is 6.07. The van der Waals surface area contributed by atoms with Crippen LogP contribution in [-0.2, 0) is 9.53 Å². The molecule has 1 heterocycles. The number of halogens is 1. The number of anilines is 2. The van der Waals surface area contributed by atoms with E-state index in [4.69, 9.17) is 11.6 Å². The zero-order chi connectivity index (χ0) is 13.5. The SMILES string of the molecule is CCCNc1ncc(Cl)c(NC(C)C(=O)OC)n1. The first-order chi connectivity index (χ1) is 8.58. The number of methoxy groups -OCH3 is 1. The highest BCUT2D eigenvalue weighted by molar-refractivity contribution is 6.32. The molecule has 1 atom stereocenters. The Balaban J connectivity index is 2.77. The number of nitrogens with one attached hydrogen (secondary N) is 2. The summed E-state index contributed by atoms with van der Waals surface area (Å²) in [5.41, 5.74) is 0. The van der Waals surface area contributed by atoms with Crippen LogP contribution in [0.2, 0.25) is 5.02 Å². The van der Waals surface area contributed by atoms with Gasteiger partial charge < -0.3 is 15.4 Å². The average molecular weight is 273 g/mol. The highest BCUT2D eigenvalue weighted by Crippen LogP contribution is 2.20. The van der Waals surface area contributed by atoms with Crippen LogP contribution in [0, 0.1) is 0 Å². The van der Waals surface area contributed by atoms with Crippen molar-refractivity contribution in [3.05, 3.63) is 11.2 Å². The number of ether oxygens (including phenoxy) is 1. The predicted molar refractivity (Wildman–Crippen MR) is 70.9 cm³/mol. The summed E-state index contributed by atoms with van der Waals surface area (Å²) in [4.78, 5) is 19.5. The summed E-state index contributed by atoms with van der Waals surface area (Å²) in [5, 5.41) is 6.28. The molecule has 2 N–H and O–H groups in total. The van der Waals surface area contributed by atoms with Crippen LogP contribution in [0.4, 0.5) is 11.8 Å². The van der Waals surface area contributed by atoms with Gasteiger partial charge in [-0.1, -0.05) is 18.5 Å². The monoisotopic (exact) mass is 272 g/mol. The van der Waals surface area contributed by atoms with Crippen molar-refractivity contribution in [2.24, 2.45) is 0 Å². The minimum atomic E-state index is -0.526. The molecule has 0 aliphatic heterocycles. The van der Waals surface area contributed by atoms with Crippen molar-refractivity contribution in [2.75, 3.05) is 24.3 Å². The Morgan fingerprint density at radius 2 is 2.33 bits per heavy atom. The lowest BCUT2D eigenvalue weighted by Gasteiger charge is -2.14. The largest absolute Gasteiger partial charge is 0.467 e. The molecule has 0 spiro atoms. The third-order valence-electron chi connectivity index (χ3n) is 2.19. The number of aromatic nitrogens is 2. The Morgan fingerprint density at radius 1 is 1.61 bits per heavy atom. The molecule has 0 amide bonds. The van der Waals surface area contributed by atoms with Gasteiger partial charge in [-0.05, 0) is 13.3 Å². The fourth-order valence-corrected chi connectivity index (χ4v) is 1.38. The van der Waals surface area contributed by atoms with Crippen molar-refractivity contribution in [1.82, 2.24) is 9.97 Å². The van der Waals surface area contributed by atoms with E-state index in [1.807, 2.05) is 6.92 Å². The average Bonchev–Trinajstić information content (AvgIpc) is 2.38. The van der Waals surface area contributed by atoms with Crippen LogP contribution in [0.15, 0.2) is 6.20 Å². The van der Waals surface area contributed by atoms with Gasteiger partial charge in [0.2, 0.25) is 5.95 Å². The normalized spacial score (nSPS) is 11.8. The smallest absolute Gasteiger partial charge is 0.328 e. The third-order valence-corrected chi connectivity index (χ3v) is 2.46. The van der Waals surface area contributed by atoms with E-state index in [0.717, 1.165) is 13.0 Å². The summed E-state index contributed by atoms with van der Waals surface area (Å²) in [6, 6.07) is -0.526. The van der Waals surface area contributed by atoms with E-state index in [0.29, 0.717) is 16.8 Å². The van der Waals surface area contributed by atoms with Gasteiger partial charge in [0.15, 0.2) is 5.82 Å². The maximum absolute atomic E-state index is 11.3. The second-order valence-corrected chi connectivity index (χ2v) is 4.11. The maximum Gasteiger partial charge on any atom is 0.328 e. The second-order valence-electron chi connectivity index (χ2n) is 3.71. The van der Waals surface area contributed by atoms with Gasteiger partial charge in [-0.2, -0.15) is 4.98 Å². The summed E-state index contributed by atoms with van der Waals surface area (Å²) < 4.78 is 4.62. The molecule has 6 nitrogen and oxygen atoms in total. The van der Waals surface area contributed by atoms with E-state index >= 15 is 0 Å². The highest BCUT2D eigenvalue weighted by atomic mass is 35.5. The molecule has 0 aromatic carbocycles. The summed E-state index contributed by atoms with van der Waals surface area (Å²) in [6.45, 7) is 4.48. The van der Waals surface area contributed by atoms with Crippen LogP contribution < -0.4 is 10.6 Å². The first kappa shape index (κ1) is 14.5. The Hall–Kier alpha value is -1.56. The molecule has 0 aliphatic rings. The molecular formula is C11H17ClN4O2. The molecule has 0 fully saturated rings.